The van der Waals surface area contributed by atoms with E-state index < -0.39 is 0 Å². The van der Waals surface area contributed by atoms with Gasteiger partial charge in [-0.15, -0.1) is 24.0 Å². The van der Waals surface area contributed by atoms with Gasteiger partial charge in [-0.05, 0) is 44.5 Å². The van der Waals surface area contributed by atoms with Crippen molar-refractivity contribution in [2.75, 3.05) is 21.1 Å². The second-order valence-electron chi connectivity index (χ2n) is 6.84. The molecule has 2 aliphatic heterocycles. The number of nitrogens with one attached hydrogen (secondary N) is 2. The summed E-state index contributed by atoms with van der Waals surface area (Å²) in [7, 11) is 6.01. The van der Waals surface area contributed by atoms with E-state index in [0.29, 0.717) is 18.2 Å². The van der Waals surface area contributed by atoms with Gasteiger partial charge in [0.15, 0.2) is 5.96 Å². The third kappa shape index (κ3) is 5.07. The molecule has 0 amide bonds. The quantitative estimate of drug-likeness (QED) is 0.416. The summed E-state index contributed by atoms with van der Waals surface area (Å²) in [5.41, 5.74) is 2.61. The van der Waals surface area contributed by atoms with E-state index in [1.54, 1.807) is 0 Å². The second-order valence-corrected chi connectivity index (χ2v) is 6.84. The maximum atomic E-state index is 5.90. The third-order valence-electron chi connectivity index (χ3n) is 4.60. The third-order valence-corrected chi connectivity index (χ3v) is 4.60. The Hall–Kier alpha value is -0.860. The van der Waals surface area contributed by atoms with Crippen molar-refractivity contribution < 1.29 is 4.74 Å². The smallest absolute Gasteiger partial charge is 0.191 e. The lowest BCUT2D eigenvalue weighted by atomic mass is 9.96. The van der Waals surface area contributed by atoms with Gasteiger partial charge in [-0.25, -0.2) is 0 Å². The van der Waals surface area contributed by atoms with Gasteiger partial charge in [0.25, 0.3) is 0 Å². The average Bonchev–Trinajstić information content (AvgIpc) is 3.13. The lowest BCUT2D eigenvalue weighted by Crippen LogP contribution is -2.47. The second kappa shape index (κ2) is 9.01. The van der Waals surface area contributed by atoms with Gasteiger partial charge in [0.05, 0.1) is 18.2 Å². The van der Waals surface area contributed by atoms with E-state index in [1.165, 1.54) is 24.0 Å². The molecule has 134 valence electrons. The Morgan fingerprint density at radius 2 is 2.08 bits per heavy atom. The molecule has 2 fully saturated rings. The van der Waals surface area contributed by atoms with Gasteiger partial charge in [-0.1, -0.05) is 24.3 Å². The molecule has 2 N–H and O–H groups in total. The maximum absolute atomic E-state index is 5.90. The van der Waals surface area contributed by atoms with Gasteiger partial charge in [-0.3, -0.25) is 4.99 Å². The number of aliphatic imine (C=N–C) groups is 1. The predicted octanol–water partition coefficient (Wildman–Crippen LogP) is 2.35. The number of hydrogen-bond donors (Lipinski definition) is 2. The summed E-state index contributed by atoms with van der Waals surface area (Å²) < 4.78 is 5.90. The van der Waals surface area contributed by atoms with Crippen LogP contribution >= 0.6 is 24.0 Å². The van der Waals surface area contributed by atoms with Crippen LogP contribution in [0.2, 0.25) is 0 Å². The van der Waals surface area contributed by atoms with Gasteiger partial charge in [0.1, 0.15) is 0 Å². The summed E-state index contributed by atoms with van der Waals surface area (Å²) in [5.74, 6) is 0.865. The molecule has 0 aliphatic carbocycles. The molecule has 3 rings (SSSR count). The number of fused-ring (bicyclic) bond motifs is 2. The first-order chi connectivity index (χ1) is 11.1. The van der Waals surface area contributed by atoms with E-state index in [4.69, 9.17) is 4.74 Å². The monoisotopic (exact) mass is 444 g/mol. The van der Waals surface area contributed by atoms with E-state index in [9.17, 15) is 0 Å². The van der Waals surface area contributed by atoms with Crippen molar-refractivity contribution in [3.63, 3.8) is 0 Å². The predicted molar refractivity (Wildman–Crippen MR) is 109 cm³/mol. The molecular weight excluding hydrogens is 415 g/mol. The zero-order valence-corrected chi connectivity index (χ0v) is 17.1. The summed E-state index contributed by atoms with van der Waals surface area (Å²) in [6.07, 6.45) is 4.31. The number of nitrogens with zero attached hydrogens (tertiary/aromatic N) is 2. The minimum absolute atomic E-state index is 0. The lowest BCUT2D eigenvalue weighted by molar-refractivity contribution is 0.0992. The molecule has 0 aromatic heterocycles. The van der Waals surface area contributed by atoms with Crippen LogP contribution in [0.25, 0.3) is 0 Å². The molecular formula is C18H29IN4O. The molecule has 0 radical (unpaired) electrons. The lowest BCUT2D eigenvalue weighted by Gasteiger charge is -2.22. The number of rotatable bonds is 5. The molecule has 1 aromatic rings. The van der Waals surface area contributed by atoms with Crippen LogP contribution in [0.1, 0.15) is 30.4 Å². The molecule has 6 heteroatoms. The summed E-state index contributed by atoms with van der Waals surface area (Å²) in [6, 6.07) is 9.10. The van der Waals surface area contributed by atoms with Crippen LogP contribution in [0.5, 0.6) is 0 Å². The highest BCUT2D eigenvalue weighted by Gasteiger charge is 2.41. The first-order valence-corrected chi connectivity index (χ1v) is 8.49. The van der Waals surface area contributed by atoms with Gasteiger partial charge in [-0.2, -0.15) is 0 Å². The maximum Gasteiger partial charge on any atom is 0.191 e. The molecule has 2 saturated heterocycles. The van der Waals surface area contributed by atoms with E-state index in [1.807, 2.05) is 7.05 Å². The van der Waals surface area contributed by atoms with Crippen LogP contribution in [0.15, 0.2) is 29.3 Å². The fraction of sp³-hybridized carbons (Fsp3) is 0.611. The number of hydrogen-bond acceptors (Lipinski definition) is 3. The fourth-order valence-corrected chi connectivity index (χ4v) is 3.55. The van der Waals surface area contributed by atoms with Crippen molar-refractivity contribution in [2.24, 2.45) is 4.99 Å². The summed E-state index contributed by atoms with van der Waals surface area (Å²) in [5, 5.41) is 6.94. The Labute approximate surface area is 162 Å². The SMILES string of the molecule is CN=C(NCc1cccc(CN(C)C)c1)NC1CC2CCC1O2.I. The van der Waals surface area contributed by atoms with Gasteiger partial charge in [0, 0.05) is 20.1 Å². The van der Waals surface area contributed by atoms with Crippen LogP contribution in [0.4, 0.5) is 0 Å². The van der Waals surface area contributed by atoms with Crippen molar-refractivity contribution in [3.8, 4) is 0 Å². The molecule has 2 bridgehead atoms. The first kappa shape index (κ1) is 19.5. The van der Waals surface area contributed by atoms with E-state index in [0.717, 1.165) is 25.5 Å². The van der Waals surface area contributed by atoms with Crippen LogP contribution in [0, 0.1) is 0 Å². The van der Waals surface area contributed by atoms with Crippen LogP contribution < -0.4 is 10.6 Å². The number of benzene rings is 1. The highest BCUT2D eigenvalue weighted by atomic mass is 127. The minimum Gasteiger partial charge on any atom is -0.373 e. The average molecular weight is 444 g/mol. The first-order valence-electron chi connectivity index (χ1n) is 8.49. The molecule has 3 unspecified atom stereocenters. The Bertz CT molecular complexity index is 564. The van der Waals surface area contributed by atoms with Crippen LogP contribution in [0.3, 0.4) is 0 Å². The summed E-state index contributed by atoms with van der Waals surface area (Å²) in [6.45, 7) is 1.74. The molecule has 1 aromatic carbocycles. The van der Waals surface area contributed by atoms with E-state index in [-0.39, 0.29) is 24.0 Å². The van der Waals surface area contributed by atoms with E-state index in [2.05, 4.69) is 58.9 Å². The highest BCUT2D eigenvalue weighted by Crippen LogP contribution is 2.34. The molecule has 0 spiro atoms. The summed E-state index contributed by atoms with van der Waals surface area (Å²) in [4.78, 5) is 6.53. The molecule has 0 saturated carbocycles. The molecule has 2 aliphatic rings. The zero-order chi connectivity index (χ0) is 16.2. The Morgan fingerprint density at radius 3 is 2.71 bits per heavy atom. The van der Waals surface area contributed by atoms with Gasteiger partial charge < -0.3 is 20.3 Å². The van der Waals surface area contributed by atoms with Crippen molar-refractivity contribution in [1.82, 2.24) is 15.5 Å². The Balaban J connectivity index is 0.00000208. The fourth-order valence-electron chi connectivity index (χ4n) is 3.55. The Kier molecular flexibility index (Phi) is 7.31. The number of halogens is 1. The van der Waals surface area contributed by atoms with Crippen LogP contribution in [-0.2, 0) is 17.8 Å². The Morgan fingerprint density at radius 1 is 1.29 bits per heavy atom. The molecule has 24 heavy (non-hydrogen) atoms. The molecule has 5 nitrogen and oxygen atoms in total. The van der Waals surface area contributed by atoms with Crippen molar-refractivity contribution in [2.45, 2.75) is 50.6 Å². The zero-order valence-electron chi connectivity index (χ0n) is 14.8. The van der Waals surface area contributed by atoms with Crippen LogP contribution in [-0.4, -0.2) is 50.3 Å². The largest absolute Gasteiger partial charge is 0.373 e. The summed E-state index contributed by atoms with van der Waals surface area (Å²) >= 11 is 0. The number of ether oxygens (including phenoxy) is 1. The van der Waals surface area contributed by atoms with Gasteiger partial charge in [0.2, 0.25) is 0 Å². The van der Waals surface area contributed by atoms with Gasteiger partial charge >= 0.3 is 0 Å². The van der Waals surface area contributed by atoms with Crippen molar-refractivity contribution >= 4 is 29.9 Å². The highest BCUT2D eigenvalue weighted by molar-refractivity contribution is 14.0. The standard InChI is InChI=1S/C18H28N4O.HI/c1-19-18(21-16-10-15-7-8-17(16)23-15)20-11-13-5-4-6-14(9-13)12-22(2)3;/h4-6,9,15-17H,7-8,10-12H2,1-3H3,(H2,19,20,21);1H. The molecule has 2 heterocycles. The van der Waals surface area contributed by atoms with Crippen molar-refractivity contribution in [1.29, 1.82) is 0 Å². The number of guanidine groups is 1. The topological polar surface area (TPSA) is 48.9 Å². The normalized spacial score (nSPS) is 25.7. The van der Waals surface area contributed by atoms with E-state index >= 15 is 0 Å². The molecule has 3 atom stereocenters. The van der Waals surface area contributed by atoms with Crippen molar-refractivity contribution in [3.05, 3.63) is 35.4 Å². The minimum atomic E-state index is 0.